The zero-order chi connectivity index (χ0) is 26.9. The summed E-state index contributed by atoms with van der Waals surface area (Å²) in [4.78, 5) is 20.1. The lowest BCUT2D eigenvalue weighted by atomic mass is 10.0. The Kier molecular flexibility index (Phi) is 7.06. The van der Waals surface area contributed by atoms with Crippen molar-refractivity contribution in [1.82, 2.24) is 24.3 Å². The zero-order valence-corrected chi connectivity index (χ0v) is 21.0. The number of hydrogen-bond donors (Lipinski definition) is 1. The number of pyridine rings is 1. The van der Waals surface area contributed by atoms with E-state index in [2.05, 4.69) is 20.4 Å². The van der Waals surface area contributed by atoms with Gasteiger partial charge in [-0.25, -0.2) is 4.98 Å². The summed E-state index contributed by atoms with van der Waals surface area (Å²) in [7, 11) is 1.75. The van der Waals surface area contributed by atoms with Gasteiger partial charge in [0.2, 0.25) is 5.95 Å². The van der Waals surface area contributed by atoms with Gasteiger partial charge in [0.15, 0.2) is 5.82 Å². The molecule has 1 aliphatic rings. The number of Topliss-reactive ketones (excluding diaryl/α,β-unsaturated/α-hetero) is 1. The Morgan fingerprint density at radius 3 is 2.76 bits per heavy atom. The third kappa shape index (κ3) is 5.80. The van der Waals surface area contributed by atoms with Crippen molar-refractivity contribution in [3.8, 4) is 11.5 Å². The van der Waals surface area contributed by atoms with Crippen LogP contribution in [-0.4, -0.2) is 43.3 Å². The van der Waals surface area contributed by atoms with E-state index in [0.29, 0.717) is 47.4 Å². The van der Waals surface area contributed by atoms with E-state index in [-0.39, 0.29) is 30.5 Å². The van der Waals surface area contributed by atoms with E-state index in [1.165, 1.54) is 6.92 Å². The quantitative estimate of drug-likeness (QED) is 0.333. The lowest BCUT2D eigenvalue weighted by Crippen LogP contribution is -2.25. The van der Waals surface area contributed by atoms with Gasteiger partial charge in [0.1, 0.15) is 23.0 Å². The van der Waals surface area contributed by atoms with Crippen LogP contribution in [0.25, 0.3) is 11.0 Å². The van der Waals surface area contributed by atoms with Crippen LogP contribution in [0.1, 0.15) is 31.2 Å². The number of aromatic nitrogens is 5. The second kappa shape index (κ2) is 10.4. The van der Waals surface area contributed by atoms with E-state index in [9.17, 15) is 18.0 Å². The summed E-state index contributed by atoms with van der Waals surface area (Å²) in [6.07, 6.45) is -1.13. The predicted octanol–water partition coefficient (Wildman–Crippen LogP) is 5.28. The number of fused-ring (bicyclic) bond motifs is 1. The summed E-state index contributed by atoms with van der Waals surface area (Å²) < 4.78 is 55.3. The molecule has 0 spiro atoms. The Labute approximate surface area is 216 Å². The minimum absolute atomic E-state index is 0.00109. The van der Waals surface area contributed by atoms with Gasteiger partial charge >= 0.3 is 6.18 Å². The van der Waals surface area contributed by atoms with Crippen molar-refractivity contribution >= 4 is 28.6 Å². The van der Waals surface area contributed by atoms with Crippen LogP contribution >= 0.6 is 0 Å². The van der Waals surface area contributed by atoms with Crippen LogP contribution in [0.5, 0.6) is 11.5 Å². The number of benzene rings is 1. The van der Waals surface area contributed by atoms with Crippen LogP contribution in [0, 0.1) is 5.92 Å². The van der Waals surface area contributed by atoms with Crippen LogP contribution in [0.2, 0.25) is 0 Å². The van der Waals surface area contributed by atoms with Crippen molar-refractivity contribution in [3.05, 3.63) is 54.0 Å². The van der Waals surface area contributed by atoms with Gasteiger partial charge in [0, 0.05) is 56.9 Å². The number of carbonyl (C=O) groups excluding carboxylic acids is 1. The van der Waals surface area contributed by atoms with E-state index < -0.39 is 11.9 Å². The molecule has 0 aliphatic carbocycles. The normalized spacial score (nSPS) is 16.1. The van der Waals surface area contributed by atoms with Gasteiger partial charge in [-0.15, -0.1) is 0 Å². The fourth-order valence-corrected chi connectivity index (χ4v) is 4.51. The van der Waals surface area contributed by atoms with Gasteiger partial charge in [-0.3, -0.25) is 14.5 Å². The van der Waals surface area contributed by atoms with E-state index in [4.69, 9.17) is 9.47 Å². The largest absolute Gasteiger partial charge is 0.457 e. The van der Waals surface area contributed by atoms with E-state index in [1.54, 1.807) is 48.1 Å². The Morgan fingerprint density at radius 1 is 1.21 bits per heavy atom. The Bertz CT molecular complexity index is 1460. The van der Waals surface area contributed by atoms with Crippen LogP contribution in [0.3, 0.4) is 0 Å². The number of hydrogen-bond acceptors (Lipinski definition) is 7. The molecule has 1 aliphatic heterocycles. The number of alkyl halides is 3. The molecule has 12 heteroatoms. The lowest BCUT2D eigenvalue weighted by Gasteiger charge is -2.22. The Morgan fingerprint density at radius 2 is 2.03 bits per heavy atom. The number of nitrogens with one attached hydrogen (secondary N) is 1. The van der Waals surface area contributed by atoms with Crippen molar-refractivity contribution in [1.29, 1.82) is 0 Å². The first-order chi connectivity index (χ1) is 18.2. The maximum atomic E-state index is 13.7. The molecule has 0 saturated carbocycles. The first kappa shape index (κ1) is 25.7. The monoisotopic (exact) mass is 528 g/mol. The average molecular weight is 529 g/mol. The second-order valence-corrected chi connectivity index (χ2v) is 9.41. The van der Waals surface area contributed by atoms with Crippen molar-refractivity contribution in [2.45, 2.75) is 38.9 Å². The number of ketones is 1. The number of anilines is 2. The summed E-state index contributed by atoms with van der Waals surface area (Å²) in [5, 5.41) is 7.14. The van der Waals surface area contributed by atoms with Gasteiger partial charge < -0.3 is 19.4 Å². The highest BCUT2D eigenvalue weighted by Crippen LogP contribution is 2.33. The number of imidazole rings is 1. The molecule has 200 valence electrons. The summed E-state index contributed by atoms with van der Waals surface area (Å²) in [5.74, 6) is 1.44. The molecule has 1 aromatic carbocycles. The molecule has 4 heterocycles. The smallest absolute Gasteiger partial charge is 0.433 e. The highest BCUT2D eigenvalue weighted by Gasteiger charge is 2.36. The highest BCUT2D eigenvalue weighted by molar-refractivity contribution is 5.81. The molecule has 5 rings (SSSR count). The number of rotatable bonds is 8. The summed E-state index contributed by atoms with van der Waals surface area (Å²) >= 11 is 0. The molecule has 1 fully saturated rings. The maximum absolute atomic E-state index is 13.7. The van der Waals surface area contributed by atoms with Crippen LogP contribution in [-0.2, 0) is 35.7 Å². The highest BCUT2D eigenvalue weighted by atomic mass is 19.4. The molecular formula is C26H27F3N6O3. The molecule has 0 bridgehead atoms. The van der Waals surface area contributed by atoms with E-state index >= 15 is 0 Å². The fourth-order valence-electron chi connectivity index (χ4n) is 4.51. The second-order valence-electron chi connectivity index (χ2n) is 9.41. The van der Waals surface area contributed by atoms with Crippen LogP contribution in [0.4, 0.5) is 24.9 Å². The molecule has 38 heavy (non-hydrogen) atoms. The van der Waals surface area contributed by atoms with Gasteiger partial charge in [-0.2, -0.15) is 18.3 Å². The SMILES string of the molecule is CC(=O)Cc1cc(Oc2ccc3nc(Nc4cc(C(F)(F)F)n(C[C@@H]5CCCOC5)n4)n(C)c3c2)ccn1. The molecule has 3 aromatic heterocycles. The minimum Gasteiger partial charge on any atom is -0.457 e. The Hall–Kier alpha value is -3.93. The minimum atomic E-state index is -4.54. The number of halogens is 3. The summed E-state index contributed by atoms with van der Waals surface area (Å²) in [6.45, 7) is 2.68. The number of ether oxygens (including phenoxy) is 2. The summed E-state index contributed by atoms with van der Waals surface area (Å²) in [6, 6.07) is 9.68. The average Bonchev–Trinajstić information content (AvgIpc) is 3.40. The van der Waals surface area contributed by atoms with Gasteiger partial charge in [-0.05, 0) is 38.0 Å². The molecule has 9 nitrogen and oxygen atoms in total. The zero-order valence-electron chi connectivity index (χ0n) is 21.0. The first-order valence-electron chi connectivity index (χ1n) is 12.2. The molecule has 1 saturated heterocycles. The molecule has 0 unspecified atom stereocenters. The molecule has 4 aromatic rings. The summed E-state index contributed by atoms with van der Waals surface area (Å²) in [5.41, 5.74) is 1.13. The fraction of sp³-hybridized carbons (Fsp3) is 0.385. The van der Waals surface area contributed by atoms with Crippen molar-refractivity contribution in [3.63, 3.8) is 0 Å². The number of aryl methyl sites for hydroxylation is 1. The van der Waals surface area contributed by atoms with Crippen molar-refractivity contribution in [2.24, 2.45) is 13.0 Å². The molecular weight excluding hydrogens is 501 g/mol. The molecule has 1 atom stereocenters. The van der Waals surface area contributed by atoms with Crippen LogP contribution in [0.15, 0.2) is 42.6 Å². The van der Waals surface area contributed by atoms with Crippen molar-refractivity contribution < 1.29 is 27.4 Å². The first-order valence-corrected chi connectivity index (χ1v) is 12.2. The van der Waals surface area contributed by atoms with Crippen molar-refractivity contribution in [2.75, 3.05) is 18.5 Å². The Balaban J connectivity index is 1.37. The third-order valence-electron chi connectivity index (χ3n) is 6.30. The topological polar surface area (TPSA) is 96.1 Å². The third-order valence-corrected chi connectivity index (χ3v) is 6.30. The number of carbonyl (C=O) groups is 1. The number of nitrogens with zero attached hydrogens (tertiary/aromatic N) is 5. The van der Waals surface area contributed by atoms with E-state index in [0.717, 1.165) is 23.6 Å². The molecule has 0 amide bonds. The standard InChI is InChI=1S/C26H27F3N6O3/c1-16(36)10-18-11-20(7-8-30-18)38-19-5-6-21-22(12-19)34(2)25(31-21)32-24-13-23(26(27,28)29)35(33-24)14-17-4-3-9-37-15-17/h5-8,11-13,17H,3-4,9-10,14-15H2,1-2H3,(H,31,32,33)/t17-/m0/s1. The van der Waals surface area contributed by atoms with Gasteiger partial charge in [0.25, 0.3) is 0 Å². The van der Waals surface area contributed by atoms with Crippen LogP contribution < -0.4 is 10.1 Å². The molecule has 0 radical (unpaired) electrons. The van der Waals surface area contributed by atoms with Gasteiger partial charge in [0.05, 0.1) is 23.3 Å². The van der Waals surface area contributed by atoms with E-state index in [1.807, 2.05) is 0 Å². The predicted molar refractivity (Wildman–Crippen MR) is 133 cm³/mol. The van der Waals surface area contributed by atoms with Gasteiger partial charge in [-0.1, -0.05) is 0 Å². The lowest BCUT2D eigenvalue weighted by molar-refractivity contribution is -0.144. The molecule has 1 N–H and O–H groups in total. The maximum Gasteiger partial charge on any atom is 0.433 e.